The first-order valence-electron chi connectivity index (χ1n) is 6.56. The first kappa shape index (κ1) is 15.2. The van der Waals surface area contributed by atoms with Crippen molar-refractivity contribution in [2.24, 2.45) is 5.10 Å². The van der Waals surface area contributed by atoms with Gasteiger partial charge in [0.1, 0.15) is 0 Å². The molecule has 3 rings (SSSR count). The maximum Gasteiger partial charge on any atom is 0.0935 e. The summed E-state index contributed by atoms with van der Waals surface area (Å²) in [4.78, 5) is 0. The Balaban J connectivity index is 1.89. The molecule has 3 aromatic rings. The average molecular weight is 350 g/mol. The van der Waals surface area contributed by atoms with Crippen LogP contribution in [0.3, 0.4) is 0 Å². The van der Waals surface area contributed by atoms with Crippen molar-refractivity contribution in [3.8, 4) is 0 Å². The number of nitrogens with one attached hydrogen (secondary N) is 1. The topological polar surface area (TPSA) is 24.4 Å². The van der Waals surface area contributed by atoms with E-state index in [1.54, 1.807) is 18.3 Å². The minimum atomic E-state index is 0.424. The highest BCUT2D eigenvalue weighted by Gasteiger charge is 2.06. The maximum atomic E-state index is 6.11. The molecule has 1 N–H and O–H groups in total. The van der Waals surface area contributed by atoms with E-state index in [1.807, 2.05) is 24.3 Å². The molecule has 5 heteroatoms. The van der Waals surface area contributed by atoms with Gasteiger partial charge in [-0.25, -0.2) is 0 Å². The van der Waals surface area contributed by atoms with Crippen molar-refractivity contribution in [2.45, 2.75) is 0 Å². The molecule has 22 heavy (non-hydrogen) atoms. The fourth-order valence-electron chi connectivity index (χ4n) is 2.18. The summed E-state index contributed by atoms with van der Waals surface area (Å²) in [7, 11) is 0. The van der Waals surface area contributed by atoms with Crippen molar-refractivity contribution >= 4 is 57.5 Å². The van der Waals surface area contributed by atoms with Crippen molar-refractivity contribution in [3.63, 3.8) is 0 Å². The van der Waals surface area contributed by atoms with Crippen LogP contribution in [0.4, 0.5) is 5.69 Å². The smallest absolute Gasteiger partial charge is 0.0935 e. The van der Waals surface area contributed by atoms with E-state index in [2.05, 4.69) is 28.7 Å². The lowest BCUT2D eigenvalue weighted by molar-refractivity contribution is 1.35. The summed E-state index contributed by atoms with van der Waals surface area (Å²) in [6.45, 7) is 0. The van der Waals surface area contributed by atoms with Crippen LogP contribution in [0.5, 0.6) is 0 Å². The summed E-state index contributed by atoms with van der Waals surface area (Å²) in [5.41, 5.74) is 4.41. The number of hydrogen-bond donors (Lipinski definition) is 1. The molecular weight excluding hydrogens is 339 g/mol. The highest BCUT2D eigenvalue weighted by atomic mass is 35.5. The van der Waals surface area contributed by atoms with Gasteiger partial charge in [-0.1, -0.05) is 77.3 Å². The van der Waals surface area contributed by atoms with Crippen LogP contribution in [0.1, 0.15) is 5.56 Å². The number of nitrogens with zero attached hydrogens (tertiary/aromatic N) is 1. The largest absolute Gasteiger partial charge is 0.275 e. The van der Waals surface area contributed by atoms with E-state index in [4.69, 9.17) is 34.8 Å². The van der Waals surface area contributed by atoms with Crippen LogP contribution in [-0.4, -0.2) is 6.21 Å². The van der Waals surface area contributed by atoms with Gasteiger partial charge < -0.3 is 0 Å². The zero-order valence-electron chi connectivity index (χ0n) is 11.4. The fourth-order valence-corrected chi connectivity index (χ4v) is 3.08. The van der Waals surface area contributed by atoms with Crippen molar-refractivity contribution in [3.05, 3.63) is 75.2 Å². The van der Waals surface area contributed by atoms with Crippen LogP contribution in [-0.2, 0) is 0 Å². The van der Waals surface area contributed by atoms with Crippen LogP contribution in [0, 0.1) is 0 Å². The third-order valence-corrected chi connectivity index (χ3v) is 4.02. The quantitative estimate of drug-likeness (QED) is 0.439. The van der Waals surface area contributed by atoms with Crippen molar-refractivity contribution < 1.29 is 0 Å². The summed E-state index contributed by atoms with van der Waals surface area (Å²) >= 11 is 18.1. The highest BCUT2D eigenvalue weighted by molar-refractivity contribution is 6.41. The second-order valence-electron chi connectivity index (χ2n) is 4.68. The normalized spacial score (nSPS) is 11.2. The molecule has 0 spiro atoms. The van der Waals surface area contributed by atoms with Crippen molar-refractivity contribution in [2.75, 3.05) is 5.43 Å². The van der Waals surface area contributed by atoms with Crippen molar-refractivity contribution in [1.29, 1.82) is 0 Å². The Bertz CT molecular complexity index is 831. The van der Waals surface area contributed by atoms with Gasteiger partial charge in [-0.2, -0.15) is 5.10 Å². The molecule has 0 fully saturated rings. The van der Waals surface area contributed by atoms with Crippen LogP contribution in [0.2, 0.25) is 15.1 Å². The van der Waals surface area contributed by atoms with Crippen LogP contribution >= 0.6 is 34.8 Å². The molecule has 0 saturated heterocycles. The molecule has 0 amide bonds. The Labute approximate surface area is 143 Å². The van der Waals surface area contributed by atoms with Crippen molar-refractivity contribution in [1.82, 2.24) is 0 Å². The second-order valence-corrected chi connectivity index (χ2v) is 5.93. The zero-order chi connectivity index (χ0) is 15.5. The van der Waals surface area contributed by atoms with Gasteiger partial charge in [-0.15, -0.1) is 0 Å². The standard InChI is InChI=1S/C17H11Cl3N2/c18-13-8-15(19)17(16(20)9-13)22-21-10-12-6-3-5-11-4-1-2-7-14(11)12/h1-10,22H/b21-10+. The maximum absolute atomic E-state index is 6.11. The molecule has 3 aromatic carbocycles. The number of anilines is 1. The first-order chi connectivity index (χ1) is 10.6. The predicted octanol–water partition coefficient (Wildman–Crippen LogP) is 6.25. The molecule has 2 nitrogen and oxygen atoms in total. The molecule has 0 atom stereocenters. The molecule has 0 aliphatic heterocycles. The average Bonchev–Trinajstić information content (AvgIpc) is 2.50. The zero-order valence-corrected chi connectivity index (χ0v) is 13.6. The van der Waals surface area contributed by atoms with E-state index in [9.17, 15) is 0 Å². The predicted molar refractivity (Wildman–Crippen MR) is 96.6 cm³/mol. The number of hydrazone groups is 1. The molecule has 0 radical (unpaired) electrons. The number of benzene rings is 3. The third kappa shape index (κ3) is 3.20. The van der Waals surface area contributed by atoms with E-state index in [1.165, 1.54) is 0 Å². The SMILES string of the molecule is Clc1cc(Cl)c(N/N=C/c2cccc3ccccc23)c(Cl)c1. The summed E-state index contributed by atoms with van der Waals surface area (Å²) < 4.78 is 0. The highest BCUT2D eigenvalue weighted by Crippen LogP contribution is 2.33. The molecule has 0 saturated carbocycles. The van der Waals surface area contributed by atoms with E-state index < -0.39 is 0 Å². The summed E-state index contributed by atoms with van der Waals surface area (Å²) in [6.07, 6.45) is 1.74. The van der Waals surface area contributed by atoms with Gasteiger partial charge in [0.05, 0.1) is 21.9 Å². The molecule has 110 valence electrons. The van der Waals surface area contributed by atoms with Crippen LogP contribution in [0.15, 0.2) is 59.7 Å². The Morgan fingerprint density at radius 3 is 2.32 bits per heavy atom. The lowest BCUT2D eigenvalue weighted by Crippen LogP contribution is -1.93. The van der Waals surface area contributed by atoms with E-state index in [0.29, 0.717) is 20.8 Å². The van der Waals surface area contributed by atoms with Gasteiger partial charge in [0.2, 0.25) is 0 Å². The minimum Gasteiger partial charge on any atom is -0.275 e. The molecular formula is C17H11Cl3N2. The molecule has 0 aliphatic carbocycles. The molecule has 0 unspecified atom stereocenters. The summed E-state index contributed by atoms with van der Waals surface area (Å²) in [5, 5.41) is 7.85. The summed E-state index contributed by atoms with van der Waals surface area (Å²) in [6, 6.07) is 17.4. The van der Waals surface area contributed by atoms with Crippen LogP contribution < -0.4 is 5.43 Å². The fraction of sp³-hybridized carbons (Fsp3) is 0. The molecule has 0 aliphatic rings. The van der Waals surface area contributed by atoms with Gasteiger partial charge >= 0.3 is 0 Å². The lowest BCUT2D eigenvalue weighted by atomic mass is 10.1. The Morgan fingerprint density at radius 2 is 1.55 bits per heavy atom. The Morgan fingerprint density at radius 1 is 0.864 bits per heavy atom. The number of rotatable bonds is 3. The molecule has 0 aromatic heterocycles. The third-order valence-electron chi connectivity index (χ3n) is 3.21. The van der Waals surface area contributed by atoms with E-state index in [0.717, 1.165) is 16.3 Å². The minimum absolute atomic E-state index is 0.424. The monoisotopic (exact) mass is 348 g/mol. The van der Waals surface area contributed by atoms with E-state index >= 15 is 0 Å². The van der Waals surface area contributed by atoms with Gasteiger partial charge in [-0.3, -0.25) is 5.43 Å². The first-order valence-corrected chi connectivity index (χ1v) is 7.70. The van der Waals surface area contributed by atoms with Gasteiger partial charge in [0.15, 0.2) is 0 Å². The van der Waals surface area contributed by atoms with Gasteiger partial charge in [0.25, 0.3) is 0 Å². The van der Waals surface area contributed by atoms with Gasteiger partial charge in [-0.05, 0) is 22.9 Å². The Kier molecular flexibility index (Phi) is 4.53. The number of fused-ring (bicyclic) bond motifs is 1. The molecule has 0 heterocycles. The summed E-state index contributed by atoms with van der Waals surface area (Å²) in [5.74, 6) is 0. The van der Waals surface area contributed by atoms with Crippen LogP contribution in [0.25, 0.3) is 10.8 Å². The number of hydrogen-bond acceptors (Lipinski definition) is 2. The Hall–Kier alpha value is -1.74. The number of halogens is 3. The second kappa shape index (κ2) is 6.57. The lowest BCUT2D eigenvalue weighted by Gasteiger charge is -2.07. The van der Waals surface area contributed by atoms with Gasteiger partial charge in [0, 0.05) is 10.6 Å². The molecule has 0 bridgehead atoms. The van der Waals surface area contributed by atoms with E-state index in [-0.39, 0.29) is 0 Å².